The molecule has 1 amide bonds. The Bertz CT molecular complexity index is 676. The molecule has 1 aliphatic rings. The van der Waals surface area contributed by atoms with Crippen LogP contribution in [0.25, 0.3) is 0 Å². The molecule has 0 radical (unpaired) electrons. The summed E-state index contributed by atoms with van der Waals surface area (Å²) < 4.78 is 1.05. The molecule has 3 nitrogen and oxygen atoms in total. The molecule has 1 aromatic heterocycles. The number of hydrogen-bond acceptors (Lipinski definition) is 3. The van der Waals surface area contributed by atoms with E-state index in [1.54, 1.807) is 11.3 Å². The lowest BCUT2D eigenvalue weighted by Crippen LogP contribution is -2.09. The second kappa shape index (κ2) is 5.91. The Morgan fingerprint density at radius 2 is 2.14 bits per heavy atom. The molecule has 21 heavy (non-hydrogen) atoms. The number of carbonyl (C=O) groups is 1. The van der Waals surface area contributed by atoms with Crippen LogP contribution in [0.3, 0.4) is 0 Å². The van der Waals surface area contributed by atoms with Gasteiger partial charge in [-0.2, -0.15) is 0 Å². The van der Waals surface area contributed by atoms with Gasteiger partial charge in [0.1, 0.15) is 6.10 Å². The third-order valence-corrected chi connectivity index (χ3v) is 5.90. The van der Waals surface area contributed by atoms with Crippen molar-refractivity contribution in [3.8, 4) is 0 Å². The Morgan fingerprint density at radius 3 is 2.86 bits per heavy atom. The monoisotopic (exact) mass is 365 g/mol. The summed E-state index contributed by atoms with van der Waals surface area (Å²) in [6, 6.07) is 7.80. The minimum absolute atomic E-state index is 0.0693. The van der Waals surface area contributed by atoms with E-state index >= 15 is 0 Å². The summed E-state index contributed by atoms with van der Waals surface area (Å²) in [6.07, 6.45) is 1.65. The number of nitrogens with one attached hydrogen (secondary N) is 1. The van der Waals surface area contributed by atoms with Crippen LogP contribution >= 0.6 is 27.3 Å². The van der Waals surface area contributed by atoms with Gasteiger partial charge in [0.05, 0.1) is 3.79 Å². The van der Waals surface area contributed by atoms with Crippen LogP contribution in [-0.2, 0) is 11.2 Å². The Labute approximate surface area is 136 Å². The van der Waals surface area contributed by atoms with Gasteiger partial charge >= 0.3 is 0 Å². The fourth-order valence-corrected chi connectivity index (χ4v) is 4.13. The molecule has 1 atom stereocenters. The lowest BCUT2D eigenvalue weighted by Gasteiger charge is -2.13. The summed E-state index contributed by atoms with van der Waals surface area (Å²) in [6.45, 7) is 2.02. The number of halogens is 1. The van der Waals surface area contributed by atoms with E-state index in [0.717, 1.165) is 43.9 Å². The first-order valence-corrected chi connectivity index (χ1v) is 8.52. The summed E-state index contributed by atoms with van der Waals surface area (Å²) in [5.41, 5.74) is 3.98. The number of rotatable bonds is 2. The predicted octanol–water partition coefficient (Wildman–Crippen LogP) is 4.18. The van der Waals surface area contributed by atoms with Crippen molar-refractivity contribution in [2.75, 3.05) is 5.32 Å². The maximum atomic E-state index is 11.6. The highest BCUT2D eigenvalue weighted by molar-refractivity contribution is 9.11. The molecule has 5 heteroatoms. The number of aliphatic hydroxyl groups is 1. The molecule has 0 aliphatic carbocycles. The Kier molecular flexibility index (Phi) is 4.15. The summed E-state index contributed by atoms with van der Waals surface area (Å²) >= 11 is 5.05. The zero-order chi connectivity index (χ0) is 15.0. The van der Waals surface area contributed by atoms with Gasteiger partial charge in [-0.3, -0.25) is 4.79 Å². The summed E-state index contributed by atoms with van der Waals surface area (Å²) in [4.78, 5) is 12.5. The van der Waals surface area contributed by atoms with Crippen molar-refractivity contribution in [1.29, 1.82) is 0 Å². The van der Waals surface area contributed by atoms with Gasteiger partial charge in [0.2, 0.25) is 5.91 Å². The van der Waals surface area contributed by atoms with Crippen molar-refractivity contribution in [1.82, 2.24) is 0 Å². The highest BCUT2D eigenvalue weighted by Crippen LogP contribution is 2.35. The summed E-state index contributed by atoms with van der Waals surface area (Å²) in [5.74, 6) is 0.0693. The zero-order valence-corrected chi connectivity index (χ0v) is 14.1. The minimum Gasteiger partial charge on any atom is -0.383 e. The number of carbonyl (C=O) groups excluding carboxylic acids is 1. The second-order valence-corrected chi connectivity index (χ2v) is 7.73. The average molecular weight is 366 g/mol. The molecular weight excluding hydrogens is 350 g/mol. The van der Waals surface area contributed by atoms with E-state index in [-0.39, 0.29) is 5.91 Å². The predicted molar refractivity (Wildman–Crippen MR) is 88.8 cm³/mol. The topological polar surface area (TPSA) is 49.3 Å². The molecule has 3 rings (SSSR count). The van der Waals surface area contributed by atoms with Crippen LogP contribution in [0.1, 0.15) is 40.5 Å². The summed E-state index contributed by atoms with van der Waals surface area (Å²) in [5, 5.41) is 13.5. The maximum absolute atomic E-state index is 11.6. The molecule has 0 bridgehead atoms. The molecule has 0 saturated carbocycles. The first-order chi connectivity index (χ1) is 10.0. The van der Waals surface area contributed by atoms with Crippen LogP contribution in [0.4, 0.5) is 5.69 Å². The van der Waals surface area contributed by atoms with Gasteiger partial charge < -0.3 is 10.4 Å². The quantitative estimate of drug-likeness (QED) is 0.838. The Hall–Kier alpha value is -1.17. The Balaban J connectivity index is 1.92. The van der Waals surface area contributed by atoms with E-state index in [9.17, 15) is 9.90 Å². The van der Waals surface area contributed by atoms with E-state index in [1.165, 1.54) is 0 Å². The number of thiophene rings is 1. The van der Waals surface area contributed by atoms with Crippen molar-refractivity contribution in [2.45, 2.75) is 32.3 Å². The van der Waals surface area contributed by atoms with Gasteiger partial charge in [0, 0.05) is 17.0 Å². The Morgan fingerprint density at radius 1 is 1.33 bits per heavy atom. The fraction of sp³-hybridized carbons (Fsp3) is 0.312. The van der Waals surface area contributed by atoms with Gasteiger partial charge in [-0.15, -0.1) is 11.3 Å². The molecule has 0 fully saturated rings. The molecule has 2 heterocycles. The van der Waals surface area contributed by atoms with Crippen LogP contribution in [0.5, 0.6) is 0 Å². The number of aliphatic hydroxyl groups excluding tert-OH is 1. The van der Waals surface area contributed by atoms with E-state index < -0.39 is 6.10 Å². The molecule has 1 unspecified atom stereocenters. The van der Waals surface area contributed by atoms with Crippen LogP contribution < -0.4 is 5.32 Å². The number of amides is 1. The third-order valence-electron chi connectivity index (χ3n) is 3.71. The number of hydrogen-bond donors (Lipinski definition) is 2. The first-order valence-electron chi connectivity index (χ1n) is 6.91. The van der Waals surface area contributed by atoms with E-state index in [4.69, 9.17) is 0 Å². The molecular formula is C16H16BrNO2S. The van der Waals surface area contributed by atoms with Crippen molar-refractivity contribution < 1.29 is 9.90 Å². The van der Waals surface area contributed by atoms with Crippen molar-refractivity contribution in [2.24, 2.45) is 0 Å². The summed E-state index contributed by atoms with van der Waals surface area (Å²) in [7, 11) is 0. The van der Waals surface area contributed by atoms with Gasteiger partial charge in [0.25, 0.3) is 0 Å². The SMILES string of the molecule is Cc1cc(C(O)c2ccc3c(c2)CCCC(=O)N3)sc1Br. The molecule has 1 aromatic carbocycles. The van der Waals surface area contributed by atoms with Crippen molar-refractivity contribution in [3.63, 3.8) is 0 Å². The minimum atomic E-state index is -0.621. The van der Waals surface area contributed by atoms with Crippen LogP contribution in [0.2, 0.25) is 0 Å². The average Bonchev–Trinajstić information content (AvgIpc) is 2.68. The maximum Gasteiger partial charge on any atom is 0.224 e. The van der Waals surface area contributed by atoms with E-state index in [0.29, 0.717) is 6.42 Å². The number of fused-ring (bicyclic) bond motifs is 1. The van der Waals surface area contributed by atoms with Gasteiger partial charge in [-0.25, -0.2) is 0 Å². The lowest BCUT2D eigenvalue weighted by atomic mass is 10.0. The largest absolute Gasteiger partial charge is 0.383 e. The molecule has 110 valence electrons. The third kappa shape index (κ3) is 3.05. The molecule has 0 spiro atoms. The molecule has 0 saturated heterocycles. The van der Waals surface area contributed by atoms with Crippen LogP contribution in [-0.4, -0.2) is 11.0 Å². The number of benzene rings is 1. The van der Waals surface area contributed by atoms with E-state index in [2.05, 4.69) is 21.2 Å². The van der Waals surface area contributed by atoms with Crippen LogP contribution in [0.15, 0.2) is 28.1 Å². The zero-order valence-electron chi connectivity index (χ0n) is 11.6. The van der Waals surface area contributed by atoms with Crippen molar-refractivity contribution in [3.05, 3.63) is 49.6 Å². The van der Waals surface area contributed by atoms with Gasteiger partial charge in [0.15, 0.2) is 0 Å². The molecule has 2 N–H and O–H groups in total. The molecule has 1 aliphatic heterocycles. The fourth-order valence-electron chi connectivity index (χ4n) is 2.55. The van der Waals surface area contributed by atoms with Crippen LogP contribution in [0, 0.1) is 6.92 Å². The first kappa shape index (κ1) is 14.8. The number of anilines is 1. The van der Waals surface area contributed by atoms with Crippen molar-refractivity contribution >= 4 is 38.9 Å². The smallest absolute Gasteiger partial charge is 0.224 e. The number of aryl methyl sites for hydroxylation is 2. The molecule has 2 aromatic rings. The highest BCUT2D eigenvalue weighted by atomic mass is 79.9. The second-order valence-electron chi connectivity index (χ2n) is 5.33. The standard InChI is InChI=1S/C16H16BrNO2S/c1-9-7-13(21-16(9)17)15(20)11-5-6-12-10(8-11)3-2-4-14(19)18-12/h5-8,15,20H,2-4H2,1H3,(H,18,19). The lowest BCUT2D eigenvalue weighted by molar-refractivity contribution is -0.116. The normalized spacial score (nSPS) is 16.0. The van der Waals surface area contributed by atoms with Gasteiger partial charge in [-0.05, 0) is 64.5 Å². The van der Waals surface area contributed by atoms with E-state index in [1.807, 2.05) is 31.2 Å². The highest BCUT2D eigenvalue weighted by Gasteiger charge is 2.18. The van der Waals surface area contributed by atoms with Gasteiger partial charge in [-0.1, -0.05) is 12.1 Å².